The average Bonchev–Trinajstić information content (AvgIpc) is 2.45. The largest absolute Gasteiger partial charge is 0.469 e. The number of benzene rings is 1. The summed E-state index contributed by atoms with van der Waals surface area (Å²) in [5, 5.41) is 0.535. The van der Waals surface area contributed by atoms with Gasteiger partial charge in [0, 0.05) is 23.7 Å². The van der Waals surface area contributed by atoms with Gasteiger partial charge in [0.15, 0.2) is 0 Å². The molecule has 1 saturated heterocycles. The predicted octanol–water partition coefficient (Wildman–Crippen LogP) is 2.37. The molecule has 2 rings (SSSR count). The summed E-state index contributed by atoms with van der Waals surface area (Å²) in [6, 6.07) is 6.85. The molecule has 1 aromatic rings. The SMILES string of the molecule is COC(=O)C1CCCN(C(=O)c2cccc(Cl)c2)C1. The molecule has 4 nitrogen and oxygen atoms in total. The number of amides is 1. The van der Waals surface area contributed by atoms with Gasteiger partial charge in [-0.25, -0.2) is 0 Å². The van der Waals surface area contributed by atoms with Crippen LogP contribution in [0.5, 0.6) is 0 Å². The van der Waals surface area contributed by atoms with Gasteiger partial charge in [0.1, 0.15) is 0 Å². The van der Waals surface area contributed by atoms with E-state index in [0.717, 1.165) is 12.8 Å². The van der Waals surface area contributed by atoms with E-state index in [9.17, 15) is 9.59 Å². The lowest BCUT2D eigenvalue weighted by Crippen LogP contribution is -2.42. The first-order valence-corrected chi connectivity index (χ1v) is 6.62. The maximum atomic E-state index is 12.3. The van der Waals surface area contributed by atoms with E-state index >= 15 is 0 Å². The van der Waals surface area contributed by atoms with Crippen molar-refractivity contribution in [3.63, 3.8) is 0 Å². The highest BCUT2D eigenvalue weighted by Crippen LogP contribution is 2.20. The van der Waals surface area contributed by atoms with E-state index in [2.05, 4.69) is 0 Å². The summed E-state index contributed by atoms with van der Waals surface area (Å²) in [6.45, 7) is 1.08. The zero-order valence-corrected chi connectivity index (χ0v) is 11.5. The summed E-state index contributed by atoms with van der Waals surface area (Å²) in [4.78, 5) is 25.6. The van der Waals surface area contributed by atoms with Crippen LogP contribution in [0.15, 0.2) is 24.3 Å². The molecule has 102 valence electrons. The van der Waals surface area contributed by atoms with Gasteiger partial charge in [0.05, 0.1) is 13.0 Å². The Hall–Kier alpha value is -1.55. The number of rotatable bonds is 2. The van der Waals surface area contributed by atoms with Crippen molar-refractivity contribution in [1.29, 1.82) is 0 Å². The van der Waals surface area contributed by atoms with Crippen molar-refractivity contribution in [1.82, 2.24) is 4.90 Å². The number of carbonyl (C=O) groups excluding carboxylic acids is 2. The summed E-state index contributed by atoms with van der Waals surface area (Å²) >= 11 is 5.88. The normalized spacial score (nSPS) is 19.1. The number of hydrogen-bond acceptors (Lipinski definition) is 3. The Labute approximate surface area is 117 Å². The van der Waals surface area contributed by atoms with Crippen LogP contribution in [-0.4, -0.2) is 37.0 Å². The fourth-order valence-corrected chi connectivity index (χ4v) is 2.52. The first kappa shape index (κ1) is 13.9. The standard InChI is InChI=1S/C14H16ClNO3/c1-19-14(18)11-5-3-7-16(9-11)13(17)10-4-2-6-12(15)8-10/h2,4,6,8,11H,3,5,7,9H2,1H3. The molecule has 1 aliphatic rings. The second-order valence-electron chi connectivity index (χ2n) is 4.62. The zero-order valence-electron chi connectivity index (χ0n) is 10.8. The van der Waals surface area contributed by atoms with Crippen molar-refractivity contribution in [2.75, 3.05) is 20.2 Å². The minimum atomic E-state index is -0.247. The molecule has 0 bridgehead atoms. The molecule has 1 unspecified atom stereocenters. The minimum absolute atomic E-state index is 0.0869. The third-order valence-electron chi connectivity index (χ3n) is 3.31. The van der Waals surface area contributed by atoms with Crippen molar-refractivity contribution in [3.05, 3.63) is 34.9 Å². The van der Waals surface area contributed by atoms with Gasteiger partial charge in [-0.2, -0.15) is 0 Å². The van der Waals surface area contributed by atoms with Crippen molar-refractivity contribution in [3.8, 4) is 0 Å². The maximum absolute atomic E-state index is 12.3. The third kappa shape index (κ3) is 3.26. The van der Waals surface area contributed by atoms with Crippen LogP contribution in [0.4, 0.5) is 0 Å². The van der Waals surface area contributed by atoms with Gasteiger partial charge in [0.25, 0.3) is 5.91 Å². The van der Waals surface area contributed by atoms with Gasteiger partial charge in [-0.1, -0.05) is 17.7 Å². The molecule has 0 spiro atoms. The van der Waals surface area contributed by atoms with E-state index in [-0.39, 0.29) is 17.8 Å². The molecule has 19 heavy (non-hydrogen) atoms. The monoisotopic (exact) mass is 281 g/mol. The second kappa shape index (κ2) is 6.06. The summed E-state index contributed by atoms with van der Waals surface area (Å²) in [6.07, 6.45) is 1.58. The highest BCUT2D eigenvalue weighted by molar-refractivity contribution is 6.30. The number of methoxy groups -OCH3 is 1. The molecule has 0 aliphatic carbocycles. The molecule has 1 heterocycles. The van der Waals surface area contributed by atoms with Crippen molar-refractivity contribution in [2.45, 2.75) is 12.8 Å². The lowest BCUT2D eigenvalue weighted by molar-refractivity contribution is -0.146. The number of nitrogens with zero attached hydrogens (tertiary/aromatic N) is 1. The molecular formula is C14H16ClNO3. The average molecular weight is 282 g/mol. The molecule has 5 heteroatoms. The van der Waals surface area contributed by atoms with Gasteiger partial charge in [-0.05, 0) is 31.0 Å². The molecule has 0 saturated carbocycles. The lowest BCUT2D eigenvalue weighted by atomic mass is 9.97. The Morgan fingerprint density at radius 2 is 2.21 bits per heavy atom. The molecule has 1 aliphatic heterocycles. The van der Waals surface area contributed by atoms with Gasteiger partial charge in [0.2, 0.25) is 0 Å². The van der Waals surface area contributed by atoms with Gasteiger partial charge in [-0.15, -0.1) is 0 Å². The number of halogens is 1. The van der Waals surface area contributed by atoms with Crippen LogP contribution in [0.1, 0.15) is 23.2 Å². The maximum Gasteiger partial charge on any atom is 0.310 e. The second-order valence-corrected chi connectivity index (χ2v) is 5.06. The summed E-state index contributed by atoms with van der Waals surface area (Å²) in [5.74, 6) is -0.554. The highest BCUT2D eigenvalue weighted by atomic mass is 35.5. The molecule has 1 atom stereocenters. The predicted molar refractivity (Wildman–Crippen MR) is 72.1 cm³/mol. The quantitative estimate of drug-likeness (QED) is 0.782. The van der Waals surface area contributed by atoms with E-state index < -0.39 is 0 Å². The highest BCUT2D eigenvalue weighted by Gasteiger charge is 2.29. The smallest absolute Gasteiger partial charge is 0.310 e. The van der Waals surface area contributed by atoms with Crippen LogP contribution in [0.3, 0.4) is 0 Å². The molecule has 0 N–H and O–H groups in total. The molecule has 1 amide bonds. The number of carbonyl (C=O) groups is 2. The Bertz CT molecular complexity index is 489. The summed E-state index contributed by atoms with van der Waals surface area (Å²) < 4.78 is 4.74. The van der Waals surface area contributed by atoms with Crippen molar-refractivity contribution in [2.24, 2.45) is 5.92 Å². The Morgan fingerprint density at radius 3 is 2.89 bits per heavy atom. The van der Waals surface area contributed by atoms with Crippen LogP contribution in [0, 0.1) is 5.92 Å². The number of hydrogen-bond donors (Lipinski definition) is 0. The van der Waals surface area contributed by atoms with Crippen LogP contribution in [0.25, 0.3) is 0 Å². The molecule has 0 aromatic heterocycles. The Kier molecular flexibility index (Phi) is 4.43. The van der Waals surface area contributed by atoms with Gasteiger partial charge < -0.3 is 9.64 Å². The first-order valence-electron chi connectivity index (χ1n) is 6.24. The number of esters is 1. The molecule has 1 fully saturated rings. The molecular weight excluding hydrogens is 266 g/mol. The number of likely N-dealkylation sites (tertiary alicyclic amines) is 1. The van der Waals surface area contributed by atoms with Crippen molar-refractivity contribution < 1.29 is 14.3 Å². The minimum Gasteiger partial charge on any atom is -0.469 e. The number of piperidine rings is 1. The van der Waals surface area contributed by atoms with E-state index in [1.807, 2.05) is 0 Å². The van der Waals surface area contributed by atoms with Crippen LogP contribution >= 0.6 is 11.6 Å². The fourth-order valence-electron chi connectivity index (χ4n) is 2.32. The topological polar surface area (TPSA) is 46.6 Å². The first-order chi connectivity index (χ1) is 9.11. The Morgan fingerprint density at radius 1 is 1.42 bits per heavy atom. The summed E-state index contributed by atoms with van der Waals surface area (Å²) in [7, 11) is 1.38. The van der Waals surface area contributed by atoms with Crippen LogP contribution < -0.4 is 0 Å². The van der Waals surface area contributed by atoms with E-state index in [4.69, 9.17) is 16.3 Å². The number of ether oxygens (including phenoxy) is 1. The third-order valence-corrected chi connectivity index (χ3v) is 3.55. The van der Waals surface area contributed by atoms with Gasteiger partial charge in [-0.3, -0.25) is 9.59 Å². The molecule has 1 aromatic carbocycles. The zero-order chi connectivity index (χ0) is 13.8. The Balaban J connectivity index is 2.09. The summed E-state index contributed by atoms with van der Waals surface area (Å²) in [5.41, 5.74) is 0.554. The van der Waals surface area contributed by atoms with E-state index in [0.29, 0.717) is 23.7 Å². The van der Waals surface area contributed by atoms with E-state index in [1.54, 1.807) is 29.2 Å². The fraction of sp³-hybridized carbons (Fsp3) is 0.429. The lowest BCUT2D eigenvalue weighted by Gasteiger charge is -2.31. The van der Waals surface area contributed by atoms with Crippen molar-refractivity contribution >= 4 is 23.5 Å². The van der Waals surface area contributed by atoms with E-state index in [1.165, 1.54) is 7.11 Å². The molecule has 0 radical (unpaired) electrons. The van der Waals surface area contributed by atoms with Crippen LogP contribution in [-0.2, 0) is 9.53 Å². The van der Waals surface area contributed by atoms with Gasteiger partial charge >= 0.3 is 5.97 Å². The van der Waals surface area contributed by atoms with Crippen LogP contribution in [0.2, 0.25) is 5.02 Å².